The van der Waals surface area contributed by atoms with Crippen LogP contribution in [0.1, 0.15) is 13.3 Å². The van der Waals surface area contributed by atoms with Gasteiger partial charge in [0.15, 0.2) is 6.10 Å². The maximum absolute atomic E-state index is 12.6. The first-order chi connectivity index (χ1) is 15.3. The first-order valence-corrected chi connectivity index (χ1v) is 12.2. The second-order valence-electron chi connectivity index (χ2n) is 7.18. The highest BCUT2D eigenvalue weighted by molar-refractivity contribution is 7.98. The number of thioether (sulfide) groups is 1. The molecule has 32 heavy (non-hydrogen) atoms. The van der Waals surface area contributed by atoms with Gasteiger partial charge in [-0.05, 0) is 37.5 Å². The number of nitrogens with zero attached hydrogens (tertiary/aromatic N) is 1. The van der Waals surface area contributed by atoms with E-state index in [2.05, 4.69) is 28.2 Å². The number of amides is 1. The van der Waals surface area contributed by atoms with Gasteiger partial charge in [-0.3, -0.25) is 4.79 Å². The van der Waals surface area contributed by atoms with E-state index in [1.54, 1.807) is 6.92 Å². The molecule has 0 aliphatic rings. The fraction of sp³-hybridized carbons (Fsp3) is 0.409. The molecule has 0 saturated carbocycles. The third-order valence-corrected chi connectivity index (χ3v) is 5.71. The quantitative estimate of drug-likeness (QED) is 0.278. The highest BCUT2D eigenvalue weighted by atomic mass is 32.2. The lowest BCUT2D eigenvalue weighted by Crippen LogP contribution is -2.46. The molecular formula is C22H30N4O4S2. The molecule has 5 N–H and O–H groups in total. The average molecular weight is 479 g/mol. The van der Waals surface area contributed by atoms with Crippen LogP contribution < -0.4 is 21.1 Å². The van der Waals surface area contributed by atoms with Crippen molar-refractivity contribution in [2.24, 2.45) is 5.73 Å². The molecule has 1 aromatic carbocycles. The van der Waals surface area contributed by atoms with Crippen LogP contribution in [0.25, 0.3) is 11.3 Å². The maximum Gasteiger partial charge on any atom is 0.326 e. The van der Waals surface area contributed by atoms with E-state index < -0.39 is 24.0 Å². The van der Waals surface area contributed by atoms with E-state index in [0.29, 0.717) is 35.9 Å². The number of hydrogen-bond donors (Lipinski definition) is 5. The minimum absolute atomic E-state index is 0.173. The van der Waals surface area contributed by atoms with Crippen molar-refractivity contribution in [2.75, 3.05) is 29.6 Å². The Kier molecular flexibility index (Phi) is 10.6. The Morgan fingerprint density at radius 2 is 1.97 bits per heavy atom. The van der Waals surface area contributed by atoms with Crippen molar-refractivity contribution in [1.29, 1.82) is 0 Å². The van der Waals surface area contributed by atoms with Crippen LogP contribution in [0.5, 0.6) is 5.88 Å². The van der Waals surface area contributed by atoms with Gasteiger partial charge in [-0.1, -0.05) is 30.3 Å². The second kappa shape index (κ2) is 13.2. The number of rotatable bonds is 13. The van der Waals surface area contributed by atoms with Crippen LogP contribution in [0, 0.1) is 0 Å². The molecule has 1 unspecified atom stereocenters. The third kappa shape index (κ3) is 7.92. The van der Waals surface area contributed by atoms with Crippen molar-refractivity contribution in [1.82, 2.24) is 10.3 Å². The number of aromatic nitrogens is 1. The van der Waals surface area contributed by atoms with E-state index in [0.717, 1.165) is 5.56 Å². The summed E-state index contributed by atoms with van der Waals surface area (Å²) in [4.78, 5) is 28.7. The number of thiol groups is 1. The second-order valence-corrected chi connectivity index (χ2v) is 8.53. The van der Waals surface area contributed by atoms with E-state index in [1.165, 1.54) is 11.8 Å². The molecule has 0 saturated heterocycles. The number of carboxylic acids is 1. The zero-order valence-electron chi connectivity index (χ0n) is 18.2. The van der Waals surface area contributed by atoms with E-state index in [4.69, 9.17) is 10.5 Å². The van der Waals surface area contributed by atoms with Gasteiger partial charge in [0.2, 0.25) is 5.88 Å². The first kappa shape index (κ1) is 25.8. The van der Waals surface area contributed by atoms with Crippen molar-refractivity contribution in [3.05, 3.63) is 42.5 Å². The number of benzene rings is 1. The van der Waals surface area contributed by atoms with Crippen molar-refractivity contribution >= 4 is 42.0 Å². The number of ether oxygens (including phenoxy) is 1. The van der Waals surface area contributed by atoms with E-state index in [9.17, 15) is 14.7 Å². The predicted octanol–water partition coefficient (Wildman–Crippen LogP) is 2.51. The van der Waals surface area contributed by atoms with Gasteiger partial charge in [0.05, 0.1) is 11.4 Å². The number of carbonyl (C=O) groups is 2. The molecule has 1 amide bonds. The smallest absolute Gasteiger partial charge is 0.326 e. The summed E-state index contributed by atoms with van der Waals surface area (Å²) >= 11 is 5.71. The fourth-order valence-electron chi connectivity index (χ4n) is 2.74. The van der Waals surface area contributed by atoms with E-state index in [-0.39, 0.29) is 11.9 Å². The Balaban J connectivity index is 2.21. The van der Waals surface area contributed by atoms with Crippen LogP contribution in [-0.4, -0.2) is 64.5 Å². The number of carbonyl (C=O) groups excluding carboxylic acids is 1. The SMILES string of the molecule is CSCC[C@H](NC(=O)[C@@H](C)Oc1nc(-c2ccccc2)ccc1NCC(N)CS)C(=O)O. The summed E-state index contributed by atoms with van der Waals surface area (Å²) in [6, 6.07) is 12.1. The topological polar surface area (TPSA) is 127 Å². The minimum Gasteiger partial charge on any atom is -0.480 e. The Labute approximate surface area is 198 Å². The van der Waals surface area contributed by atoms with Crippen LogP contribution >= 0.6 is 24.4 Å². The molecule has 0 radical (unpaired) electrons. The molecule has 0 bridgehead atoms. The number of nitrogens with one attached hydrogen (secondary N) is 2. The van der Waals surface area contributed by atoms with Gasteiger partial charge < -0.3 is 26.2 Å². The van der Waals surface area contributed by atoms with Crippen molar-refractivity contribution in [3.63, 3.8) is 0 Å². The van der Waals surface area contributed by atoms with Gasteiger partial charge in [0.1, 0.15) is 6.04 Å². The monoisotopic (exact) mass is 478 g/mol. The zero-order valence-corrected chi connectivity index (χ0v) is 19.9. The maximum atomic E-state index is 12.6. The summed E-state index contributed by atoms with van der Waals surface area (Å²) in [7, 11) is 0. The summed E-state index contributed by atoms with van der Waals surface area (Å²) in [6.45, 7) is 2.01. The molecule has 2 rings (SSSR count). The van der Waals surface area contributed by atoms with Crippen molar-refractivity contribution in [3.8, 4) is 17.1 Å². The number of hydrogen-bond acceptors (Lipinski definition) is 8. The highest BCUT2D eigenvalue weighted by Crippen LogP contribution is 2.28. The lowest BCUT2D eigenvalue weighted by atomic mass is 10.1. The molecule has 0 fully saturated rings. The number of aliphatic carboxylic acids is 1. The molecule has 174 valence electrons. The normalized spacial score (nSPS) is 13.6. The Hall–Kier alpha value is -2.43. The Bertz CT molecular complexity index is 885. The molecule has 1 heterocycles. The molecule has 3 atom stereocenters. The van der Waals surface area contributed by atoms with Crippen LogP contribution in [-0.2, 0) is 9.59 Å². The van der Waals surface area contributed by atoms with Crippen LogP contribution in [0.4, 0.5) is 5.69 Å². The first-order valence-electron chi connectivity index (χ1n) is 10.2. The standard InChI is InChI=1S/C22H30N4O4S2/c1-14(20(27)25-19(22(28)29)10-11-32-2)30-21-18(24-12-16(23)13-31)9-8-17(26-21)15-6-4-3-5-7-15/h3-9,14,16,19,24,31H,10-13,23H2,1-2H3,(H,25,27)(H,28,29)/t14-,16?,19+/m1/s1. The molecule has 8 nitrogen and oxygen atoms in total. The van der Waals surface area contributed by atoms with Crippen molar-refractivity contribution in [2.45, 2.75) is 31.5 Å². The lowest BCUT2D eigenvalue weighted by Gasteiger charge is -2.21. The predicted molar refractivity (Wildman–Crippen MR) is 133 cm³/mol. The fourth-order valence-corrected chi connectivity index (χ4v) is 3.34. The summed E-state index contributed by atoms with van der Waals surface area (Å²) in [6.07, 6.45) is 1.25. The molecule has 0 spiro atoms. The molecule has 1 aromatic heterocycles. The largest absolute Gasteiger partial charge is 0.480 e. The van der Waals surface area contributed by atoms with Gasteiger partial charge in [0, 0.05) is 23.9 Å². The summed E-state index contributed by atoms with van der Waals surface area (Å²) in [5, 5.41) is 15.1. The van der Waals surface area contributed by atoms with Gasteiger partial charge in [-0.15, -0.1) is 0 Å². The third-order valence-electron chi connectivity index (χ3n) is 4.60. The Morgan fingerprint density at radius 3 is 2.59 bits per heavy atom. The number of pyridine rings is 1. The van der Waals surface area contributed by atoms with Gasteiger partial charge in [-0.2, -0.15) is 24.4 Å². The van der Waals surface area contributed by atoms with Crippen LogP contribution in [0.15, 0.2) is 42.5 Å². The van der Waals surface area contributed by atoms with Gasteiger partial charge in [-0.25, -0.2) is 9.78 Å². The highest BCUT2D eigenvalue weighted by Gasteiger charge is 2.24. The van der Waals surface area contributed by atoms with Crippen LogP contribution in [0.3, 0.4) is 0 Å². The summed E-state index contributed by atoms with van der Waals surface area (Å²) in [5.74, 6) is -0.247. The molecular weight excluding hydrogens is 448 g/mol. The molecule has 2 aromatic rings. The lowest BCUT2D eigenvalue weighted by molar-refractivity contribution is -0.143. The molecule has 0 aliphatic heterocycles. The number of carboxylic acid groups (broad SMARTS) is 1. The van der Waals surface area contributed by atoms with Gasteiger partial charge in [0.25, 0.3) is 5.91 Å². The molecule has 10 heteroatoms. The number of anilines is 1. The van der Waals surface area contributed by atoms with E-state index in [1.807, 2.05) is 48.7 Å². The number of nitrogens with two attached hydrogens (primary N) is 1. The minimum atomic E-state index is -1.08. The average Bonchev–Trinajstić information content (AvgIpc) is 2.80. The summed E-state index contributed by atoms with van der Waals surface area (Å²) < 4.78 is 5.88. The van der Waals surface area contributed by atoms with E-state index >= 15 is 0 Å². The molecule has 0 aliphatic carbocycles. The van der Waals surface area contributed by atoms with Crippen LogP contribution in [0.2, 0.25) is 0 Å². The van der Waals surface area contributed by atoms with Crippen molar-refractivity contribution < 1.29 is 19.4 Å². The van der Waals surface area contributed by atoms with Gasteiger partial charge >= 0.3 is 5.97 Å². The zero-order chi connectivity index (χ0) is 23.5. The summed E-state index contributed by atoms with van der Waals surface area (Å²) in [5.41, 5.74) is 8.11. The Morgan fingerprint density at radius 1 is 1.25 bits per heavy atom.